The molecule has 2 N–H and O–H groups in total. The molecule has 0 amide bonds. The monoisotopic (exact) mass is 531 g/mol. The maximum atomic E-state index is 14.3. The van der Waals surface area contributed by atoms with E-state index in [4.69, 9.17) is 26.8 Å². The number of ether oxygens (including phenoxy) is 2. The number of aromatic nitrogens is 4. The number of halogens is 3. The molecule has 0 bridgehead atoms. The maximum absolute atomic E-state index is 14.3. The first-order valence-corrected chi connectivity index (χ1v) is 12.4. The summed E-state index contributed by atoms with van der Waals surface area (Å²) in [5, 5.41) is 0.497. The topological polar surface area (TPSA) is 103 Å². The van der Waals surface area contributed by atoms with Gasteiger partial charge in [-0.05, 0) is 30.2 Å². The Morgan fingerprint density at radius 2 is 1.70 bits per heavy atom. The number of hydrogen-bond acceptors (Lipinski definition) is 9. The summed E-state index contributed by atoms with van der Waals surface area (Å²) in [6.45, 7) is 2.70. The molecule has 2 aliphatic rings. The maximum Gasteiger partial charge on any atom is 0.225 e. The Morgan fingerprint density at radius 3 is 2.43 bits per heavy atom. The predicted molar refractivity (Wildman–Crippen MR) is 135 cm³/mol. The average molecular weight is 532 g/mol. The van der Waals surface area contributed by atoms with E-state index < -0.39 is 11.6 Å². The van der Waals surface area contributed by atoms with Crippen molar-refractivity contribution in [3.8, 4) is 5.75 Å². The molecule has 4 heterocycles. The van der Waals surface area contributed by atoms with Crippen LogP contribution in [0.25, 0.3) is 0 Å². The van der Waals surface area contributed by atoms with Crippen molar-refractivity contribution in [3.05, 3.63) is 65.2 Å². The van der Waals surface area contributed by atoms with E-state index >= 15 is 0 Å². The summed E-state index contributed by atoms with van der Waals surface area (Å²) in [5.74, 6) is 0.496. The standard InChI is InChI=1S/C25H28ClF2N7O2/c1-36-23-13-34(24-30-7-16(26)8-31-24)5-4-15(23)14-37-18-9-32-25(33-10-18)35-11-20(22(29)12-35)19-6-17(27)2-3-21(19)28/h2-3,6-10,15,20,22-23H,4-5,11-14,29H2,1H3/t15-,20+,22-,23-/m0/s1. The van der Waals surface area contributed by atoms with Crippen molar-refractivity contribution in [1.82, 2.24) is 19.9 Å². The van der Waals surface area contributed by atoms with E-state index in [2.05, 4.69) is 24.8 Å². The Hall–Kier alpha value is -3.15. The van der Waals surface area contributed by atoms with Crippen LogP contribution >= 0.6 is 11.6 Å². The molecular weight excluding hydrogens is 504 g/mol. The molecule has 196 valence electrons. The molecule has 0 radical (unpaired) electrons. The number of methoxy groups -OCH3 is 1. The smallest absolute Gasteiger partial charge is 0.225 e. The van der Waals surface area contributed by atoms with Gasteiger partial charge in [-0.2, -0.15) is 0 Å². The molecule has 2 aliphatic heterocycles. The second-order valence-electron chi connectivity index (χ2n) is 9.34. The zero-order valence-corrected chi connectivity index (χ0v) is 21.1. The largest absolute Gasteiger partial charge is 0.490 e. The van der Waals surface area contributed by atoms with Crippen LogP contribution in [0.3, 0.4) is 0 Å². The van der Waals surface area contributed by atoms with E-state index in [0.717, 1.165) is 25.1 Å². The molecule has 0 aliphatic carbocycles. The minimum atomic E-state index is -0.487. The molecule has 0 unspecified atom stereocenters. The molecule has 12 heteroatoms. The van der Waals surface area contributed by atoms with E-state index in [9.17, 15) is 8.78 Å². The number of piperidine rings is 1. The first-order chi connectivity index (χ1) is 17.9. The number of nitrogens with zero attached hydrogens (tertiary/aromatic N) is 6. The number of hydrogen-bond donors (Lipinski definition) is 1. The van der Waals surface area contributed by atoms with Gasteiger partial charge in [0.05, 0.1) is 42.5 Å². The van der Waals surface area contributed by atoms with Crippen LogP contribution in [0, 0.1) is 17.6 Å². The van der Waals surface area contributed by atoms with Gasteiger partial charge in [0.2, 0.25) is 11.9 Å². The van der Waals surface area contributed by atoms with Gasteiger partial charge in [0.25, 0.3) is 0 Å². The molecule has 4 atom stereocenters. The van der Waals surface area contributed by atoms with Crippen LogP contribution in [0.4, 0.5) is 20.7 Å². The number of anilines is 2. The first kappa shape index (κ1) is 25.5. The van der Waals surface area contributed by atoms with Gasteiger partial charge in [0.15, 0.2) is 5.75 Å². The fourth-order valence-corrected chi connectivity index (χ4v) is 5.04. The fraction of sp³-hybridized carbons (Fsp3) is 0.440. The Balaban J connectivity index is 1.16. The van der Waals surface area contributed by atoms with Gasteiger partial charge >= 0.3 is 0 Å². The van der Waals surface area contributed by atoms with Crippen molar-refractivity contribution in [3.63, 3.8) is 0 Å². The summed E-state index contributed by atoms with van der Waals surface area (Å²) in [7, 11) is 1.69. The Kier molecular flexibility index (Phi) is 7.63. The summed E-state index contributed by atoms with van der Waals surface area (Å²) in [4.78, 5) is 21.4. The van der Waals surface area contributed by atoms with Gasteiger partial charge in [-0.15, -0.1) is 0 Å². The van der Waals surface area contributed by atoms with Crippen molar-refractivity contribution in [2.24, 2.45) is 11.7 Å². The zero-order valence-electron chi connectivity index (χ0n) is 20.3. The third-order valence-electron chi connectivity index (χ3n) is 6.97. The molecule has 9 nitrogen and oxygen atoms in total. The second-order valence-corrected chi connectivity index (χ2v) is 9.78. The van der Waals surface area contributed by atoms with Crippen LogP contribution in [0.1, 0.15) is 17.9 Å². The number of nitrogens with two attached hydrogens (primary N) is 1. The van der Waals surface area contributed by atoms with Crippen LogP contribution in [-0.4, -0.2) is 72.0 Å². The molecule has 3 aromatic rings. The Bertz CT molecular complexity index is 1200. The van der Waals surface area contributed by atoms with E-state index in [1.807, 2.05) is 4.90 Å². The van der Waals surface area contributed by atoms with Crippen molar-refractivity contribution >= 4 is 23.5 Å². The summed E-state index contributed by atoms with van der Waals surface area (Å²) < 4.78 is 39.7. The van der Waals surface area contributed by atoms with Gasteiger partial charge in [-0.3, -0.25) is 0 Å². The molecule has 1 aromatic carbocycles. The highest BCUT2D eigenvalue weighted by Crippen LogP contribution is 2.31. The summed E-state index contributed by atoms with van der Waals surface area (Å²) >= 11 is 5.90. The molecule has 2 aromatic heterocycles. The molecule has 0 saturated carbocycles. The summed E-state index contributed by atoms with van der Waals surface area (Å²) in [6, 6.07) is 3.07. The zero-order chi connectivity index (χ0) is 25.9. The van der Waals surface area contributed by atoms with E-state index in [1.54, 1.807) is 31.9 Å². The summed E-state index contributed by atoms with van der Waals surface area (Å²) in [5.41, 5.74) is 6.53. The number of rotatable bonds is 7. The van der Waals surface area contributed by atoms with Gasteiger partial charge in [0, 0.05) is 51.2 Å². The lowest BCUT2D eigenvalue weighted by Gasteiger charge is -2.37. The lowest BCUT2D eigenvalue weighted by Crippen LogP contribution is -2.47. The van der Waals surface area contributed by atoms with Crippen LogP contribution in [0.15, 0.2) is 43.0 Å². The van der Waals surface area contributed by atoms with E-state index in [0.29, 0.717) is 48.9 Å². The molecule has 0 spiro atoms. The van der Waals surface area contributed by atoms with Crippen LogP contribution < -0.4 is 20.3 Å². The molecule has 37 heavy (non-hydrogen) atoms. The summed E-state index contributed by atoms with van der Waals surface area (Å²) in [6.07, 6.45) is 7.18. The van der Waals surface area contributed by atoms with Crippen LogP contribution in [-0.2, 0) is 4.74 Å². The SMILES string of the molecule is CO[C@H]1CN(c2ncc(Cl)cn2)CC[C@H]1COc1cnc(N2C[C@H](c3cc(F)ccc3F)[C@@H](N)C2)nc1. The van der Waals surface area contributed by atoms with E-state index in [1.165, 1.54) is 6.07 Å². The van der Waals surface area contributed by atoms with Crippen molar-refractivity contribution in [2.75, 3.05) is 49.7 Å². The quantitative estimate of drug-likeness (QED) is 0.492. The Morgan fingerprint density at radius 1 is 1.00 bits per heavy atom. The number of benzene rings is 1. The van der Waals surface area contributed by atoms with Gasteiger partial charge in [0.1, 0.15) is 11.6 Å². The normalized spacial score (nSPS) is 23.9. The molecular formula is C25H28ClF2N7O2. The van der Waals surface area contributed by atoms with Crippen LogP contribution in [0.5, 0.6) is 5.75 Å². The van der Waals surface area contributed by atoms with Gasteiger partial charge < -0.3 is 25.0 Å². The van der Waals surface area contributed by atoms with Crippen molar-refractivity contribution < 1.29 is 18.3 Å². The minimum Gasteiger partial charge on any atom is -0.490 e. The fourth-order valence-electron chi connectivity index (χ4n) is 4.94. The third-order valence-corrected chi connectivity index (χ3v) is 7.17. The molecule has 2 saturated heterocycles. The highest BCUT2D eigenvalue weighted by molar-refractivity contribution is 6.30. The van der Waals surface area contributed by atoms with Gasteiger partial charge in [-0.25, -0.2) is 28.7 Å². The lowest BCUT2D eigenvalue weighted by molar-refractivity contribution is 0.0215. The lowest BCUT2D eigenvalue weighted by atomic mass is 9.94. The highest BCUT2D eigenvalue weighted by atomic mass is 35.5. The molecule has 5 rings (SSSR count). The minimum absolute atomic E-state index is 0.0561. The van der Waals surface area contributed by atoms with Crippen LogP contribution in [0.2, 0.25) is 5.02 Å². The van der Waals surface area contributed by atoms with Gasteiger partial charge in [-0.1, -0.05) is 11.6 Å². The van der Waals surface area contributed by atoms with E-state index in [-0.39, 0.29) is 29.5 Å². The predicted octanol–water partition coefficient (Wildman–Crippen LogP) is 3.05. The second kappa shape index (κ2) is 11.1. The Labute approximate surface area is 218 Å². The van der Waals surface area contributed by atoms with Crippen molar-refractivity contribution in [1.29, 1.82) is 0 Å². The third kappa shape index (κ3) is 5.73. The molecule has 2 fully saturated rings. The van der Waals surface area contributed by atoms with Crippen molar-refractivity contribution in [2.45, 2.75) is 24.5 Å². The first-order valence-electron chi connectivity index (χ1n) is 12.1. The highest BCUT2D eigenvalue weighted by Gasteiger charge is 2.35. The average Bonchev–Trinajstić information content (AvgIpc) is 3.30.